The van der Waals surface area contributed by atoms with Crippen molar-refractivity contribution in [1.29, 1.82) is 0 Å². The molecule has 2 heterocycles. The number of nitrogens with zero attached hydrogens (tertiary/aromatic N) is 4. The Morgan fingerprint density at radius 3 is 2.37 bits per heavy atom. The van der Waals surface area contributed by atoms with Crippen molar-refractivity contribution in [2.75, 3.05) is 18.0 Å². The molecule has 19 heavy (non-hydrogen) atoms. The topological polar surface area (TPSA) is 79.7 Å². The van der Waals surface area contributed by atoms with Crippen molar-refractivity contribution in [3.05, 3.63) is 11.3 Å². The Labute approximate surface area is 113 Å². The van der Waals surface area contributed by atoms with Crippen molar-refractivity contribution >= 4 is 11.7 Å². The van der Waals surface area contributed by atoms with Crippen molar-refractivity contribution in [2.45, 2.75) is 39.0 Å². The van der Waals surface area contributed by atoms with Crippen LogP contribution in [0.15, 0.2) is 5.16 Å². The van der Waals surface area contributed by atoms with Crippen LogP contribution in [0.1, 0.15) is 43.4 Å². The average molecular weight is 265 g/mol. The zero-order chi connectivity index (χ0) is 13.8. The van der Waals surface area contributed by atoms with Crippen LogP contribution in [0.5, 0.6) is 0 Å². The molecule has 0 radical (unpaired) electrons. The van der Waals surface area contributed by atoms with Crippen molar-refractivity contribution in [3.63, 3.8) is 0 Å². The van der Waals surface area contributed by atoms with Crippen LogP contribution in [0.3, 0.4) is 0 Å². The molecular formula is C13H23N5O. The summed E-state index contributed by atoms with van der Waals surface area (Å²) in [6.07, 6.45) is 6.23. The molecule has 0 unspecified atom stereocenters. The van der Waals surface area contributed by atoms with Gasteiger partial charge in [-0.2, -0.15) is 5.10 Å². The van der Waals surface area contributed by atoms with Crippen LogP contribution in [0, 0.1) is 6.92 Å². The van der Waals surface area contributed by atoms with Gasteiger partial charge in [-0.05, 0) is 19.8 Å². The van der Waals surface area contributed by atoms with Crippen LogP contribution in [0.25, 0.3) is 0 Å². The molecule has 0 atom stereocenters. The quantitative estimate of drug-likeness (QED) is 0.368. The van der Waals surface area contributed by atoms with E-state index in [1.165, 1.54) is 32.1 Å². The van der Waals surface area contributed by atoms with Crippen molar-refractivity contribution in [1.82, 2.24) is 9.78 Å². The van der Waals surface area contributed by atoms with Gasteiger partial charge in [0.05, 0.1) is 11.3 Å². The molecule has 0 aromatic carbocycles. The van der Waals surface area contributed by atoms with Crippen molar-refractivity contribution < 1.29 is 5.21 Å². The third-order valence-corrected chi connectivity index (χ3v) is 3.71. The number of rotatable bonds is 2. The van der Waals surface area contributed by atoms with Gasteiger partial charge < -0.3 is 15.8 Å². The molecule has 0 saturated carbocycles. The van der Waals surface area contributed by atoms with E-state index in [9.17, 15) is 0 Å². The maximum absolute atomic E-state index is 8.95. The Bertz CT molecular complexity index is 458. The smallest absolute Gasteiger partial charge is 0.175 e. The number of aromatic nitrogens is 2. The van der Waals surface area contributed by atoms with E-state index in [4.69, 9.17) is 10.9 Å². The average Bonchev–Trinajstić information content (AvgIpc) is 2.63. The monoisotopic (exact) mass is 265 g/mol. The molecule has 6 heteroatoms. The fraction of sp³-hybridized carbons (Fsp3) is 0.692. The summed E-state index contributed by atoms with van der Waals surface area (Å²) in [5, 5.41) is 16.5. The summed E-state index contributed by atoms with van der Waals surface area (Å²) in [7, 11) is 1.91. The van der Waals surface area contributed by atoms with E-state index in [-0.39, 0.29) is 5.84 Å². The van der Waals surface area contributed by atoms with E-state index >= 15 is 0 Å². The van der Waals surface area contributed by atoms with Gasteiger partial charge in [0.25, 0.3) is 0 Å². The Hall–Kier alpha value is -1.72. The van der Waals surface area contributed by atoms with Gasteiger partial charge in [0.15, 0.2) is 5.84 Å². The molecule has 1 aliphatic rings. The zero-order valence-corrected chi connectivity index (χ0v) is 11.8. The fourth-order valence-electron chi connectivity index (χ4n) is 2.82. The summed E-state index contributed by atoms with van der Waals surface area (Å²) >= 11 is 0. The van der Waals surface area contributed by atoms with E-state index in [1.807, 2.05) is 18.7 Å². The highest BCUT2D eigenvalue weighted by Gasteiger charge is 2.22. The summed E-state index contributed by atoms with van der Waals surface area (Å²) < 4.78 is 1.84. The first kappa shape index (κ1) is 13.7. The molecule has 1 saturated heterocycles. The largest absolute Gasteiger partial charge is 0.409 e. The molecule has 0 amide bonds. The van der Waals surface area contributed by atoms with Gasteiger partial charge in [0.2, 0.25) is 0 Å². The lowest BCUT2D eigenvalue weighted by Gasteiger charge is -2.27. The van der Waals surface area contributed by atoms with Gasteiger partial charge in [0.1, 0.15) is 5.82 Å². The molecule has 2 rings (SSSR count). The first-order valence-corrected chi connectivity index (χ1v) is 6.91. The minimum absolute atomic E-state index is 0.141. The molecule has 0 spiro atoms. The van der Waals surface area contributed by atoms with Crippen molar-refractivity contribution in [3.8, 4) is 0 Å². The molecule has 0 aliphatic carbocycles. The van der Waals surface area contributed by atoms with E-state index in [1.54, 1.807) is 0 Å². The number of nitrogens with two attached hydrogens (primary N) is 1. The van der Waals surface area contributed by atoms with Gasteiger partial charge >= 0.3 is 0 Å². The summed E-state index contributed by atoms with van der Waals surface area (Å²) in [6, 6.07) is 0. The van der Waals surface area contributed by atoms with Crippen LogP contribution in [-0.4, -0.2) is 33.9 Å². The molecule has 106 valence electrons. The Kier molecular flexibility index (Phi) is 4.29. The van der Waals surface area contributed by atoms with Gasteiger partial charge in [0, 0.05) is 20.1 Å². The number of amidine groups is 1. The predicted molar refractivity (Wildman–Crippen MR) is 75.8 cm³/mol. The standard InChI is InChI=1S/C13H23N5O/c1-10-11(12(14)16-19)13(17(2)15-10)18-8-6-4-3-5-7-9-18/h19H,3-9H2,1-2H3,(H2,14,16). The van der Waals surface area contributed by atoms with Crippen LogP contribution in [-0.2, 0) is 7.05 Å². The molecular weight excluding hydrogens is 242 g/mol. The second-order valence-electron chi connectivity index (χ2n) is 5.15. The second kappa shape index (κ2) is 5.95. The van der Waals surface area contributed by atoms with Gasteiger partial charge in [-0.3, -0.25) is 4.68 Å². The van der Waals surface area contributed by atoms with E-state index in [0.29, 0.717) is 0 Å². The summed E-state index contributed by atoms with van der Waals surface area (Å²) in [4.78, 5) is 2.31. The number of oxime groups is 1. The summed E-state index contributed by atoms with van der Waals surface area (Å²) in [6.45, 7) is 3.90. The highest BCUT2D eigenvalue weighted by molar-refractivity contribution is 6.02. The van der Waals surface area contributed by atoms with Gasteiger partial charge in [-0.15, -0.1) is 0 Å². The second-order valence-corrected chi connectivity index (χ2v) is 5.15. The molecule has 1 aromatic rings. The van der Waals surface area contributed by atoms with E-state index in [0.717, 1.165) is 30.2 Å². The predicted octanol–water partition coefficient (Wildman–Crippen LogP) is 1.59. The van der Waals surface area contributed by atoms with Crippen LogP contribution < -0.4 is 10.6 Å². The normalized spacial score (nSPS) is 18.2. The lowest BCUT2D eigenvalue weighted by Crippen LogP contribution is -2.31. The number of anilines is 1. The highest BCUT2D eigenvalue weighted by Crippen LogP contribution is 2.25. The molecule has 1 fully saturated rings. The van der Waals surface area contributed by atoms with Gasteiger partial charge in [-0.25, -0.2) is 0 Å². The van der Waals surface area contributed by atoms with E-state index in [2.05, 4.69) is 15.2 Å². The molecule has 0 bridgehead atoms. The van der Waals surface area contributed by atoms with Crippen LogP contribution in [0.2, 0.25) is 0 Å². The summed E-state index contributed by atoms with van der Waals surface area (Å²) in [5.74, 6) is 1.11. The third-order valence-electron chi connectivity index (χ3n) is 3.71. The lowest BCUT2D eigenvalue weighted by molar-refractivity contribution is 0.318. The minimum Gasteiger partial charge on any atom is -0.409 e. The third kappa shape index (κ3) is 2.83. The minimum atomic E-state index is 0.141. The SMILES string of the molecule is Cc1nn(C)c(N2CCCCCCC2)c1/C(N)=N/O. The van der Waals surface area contributed by atoms with E-state index < -0.39 is 0 Å². The fourth-order valence-corrected chi connectivity index (χ4v) is 2.82. The molecule has 3 N–H and O–H groups in total. The number of hydrogen-bond acceptors (Lipinski definition) is 4. The van der Waals surface area contributed by atoms with Crippen LogP contribution >= 0.6 is 0 Å². The molecule has 1 aromatic heterocycles. The Morgan fingerprint density at radius 2 is 1.79 bits per heavy atom. The molecule has 6 nitrogen and oxygen atoms in total. The number of hydrogen-bond donors (Lipinski definition) is 2. The number of aryl methyl sites for hydroxylation is 2. The Morgan fingerprint density at radius 1 is 1.21 bits per heavy atom. The maximum atomic E-state index is 8.95. The molecule has 1 aliphatic heterocycles. The maximum Gasteiger partial charge on any atom is 0.175 e. The van der Waals surface area contributed by atoms with Crippen LogP contribution in [0.4, 0.5) is 5.82 Å². The van der Waals surface area contributed by atoms with Gasteiger partial charge in [-0.1, -0.05) is 24.4 Å². The van der Waals surface area contributed by atoms with Crippen molar-refractivity contribution in [2.24, 2.45) is 17.9 Å². The highest BCUT2D eigenvalue weighted by atomic mass is 16.4. The summed E-state index contributed by atoms with van der Waals surface area (Å²) in [5.41, 5.74) is 7.36. The zero-order valence-electron chi connectivity index (χ0n) is 11.8. The first-order chi connectivity index (χ1) is 9.15. The Balaban J connectivity index is 2.36. The lowest BCUT2D eigenvalue weighted by atomic mass is 10.1. The first-order valence-electron chi connectivity index (χ1n) is 6.91.